The van der Waals surface area contributed by atoms with Crippen LogP contribution >= 0.6 is 0 Å². The summed E-state index contributed by atoms with van der Waals surface area (Å²) in [4.78, 5) is 11.6. The monoisotopic (exact) mass is 237 g/mol. The molecule has 1 aromatic heterocycles. The molecule has 3 nitrogen and oxygen atoms in total. The summed E-state index contributed by atoms with van der Waals surface area (Å²) >= 11 is 0. The largest absolute Gasteiger partial charge is 0.467 e. The van der Waals surface area contributed by atoms with Gasteiger partial charge in [0.05, 0.1) is 18.4 Å². The van der Waals surface area contributed by atoms with Crippen molar-refractivity contribution in [3.05, 3.63) is 59.6 Å². The topological polar surface area (TPSA) is 42.2 Å². The van der Waals surface area contributed by atoms with Crippen LogP contribution in [0.3, 0.4) is 0 Å². The van der Waals surface area contributed by atoms with Crippen molar-refractivity contribution in [2.75, 3.05) is 0 Å². The zero-order valence-electron chi connectivity index (χ0n) is 8.74. The fraction of sp³-hybridized carbons (Fsp3) is 0.0833. The van der Waals surface area contributed by atoms with Crippen LogP contribution in [0, 0.1) is 11.6 Å². The van der Waals surface area contributed by atoms with Crippen LogP contribution in [0.5, 0.6) is 0 Å². The maximum Gasteiger partial charge on any atom is 0.254 e. The minimum Gasteiger partial charge on any atom is -0.467 e. The summed E-state index contributed by atoms with van der Waals surface area (Å²) in [6.45, 7) is 0.155. The van der Waals surface area contributed by atoms with E-state index in [0.29, 0.717) is 11.8 Å². The molecule has 88 valence electrons. The second kappa shape index (κ2) is 4.78. The Morgan fingerprint density at radius 3 is 2.76 bits per heavy atom. The lowest BCUT2D eigenvalue weighted by Crippen LogP contribution is -2.23. The van der Waals surface area contributed by atoms with Crippen LogP contribution in [0.25, 0.3) is 0 Å². The Morgan fingerprint density at radius 1 is 1.29 bits per heavy atom. The molecule has 0 fully saturated rings. The van der Waals surface area contributed by atoms with Gasteiger partial charge in [0.25, 0.3) is 5.91 Å². The van der Waals surface area contributed by atoms with Crippen molar-refractivity contribution in [3.63, 3.8) is 0 Å². The molecule has 5 heteroatoms. The number of rotatable bonds is 3. The molecule has 2 aromatic rings. The van der Waals surface area contributed by atoms with E-state index in [1.165, 1.54) is 6.26 Å². The number of nitrogens with one attached hydrogen (secondary N) is 1. The molecule has 0 saturated carbocycles. The van der Waals surface area contributed by atoms with Gasteiger partial charge in [-0.2, -0.15) is 0 Å². The molecule has 0 aliphatic rings. The summed E-state index contributed by atoms with van der Waals surface area (Å²) in [5, 5.41) is 2.47. The van der Waals surface area contributed by atoms with Crippen LogP contribution in [0.4, 0.5) is 8.78 Å². The van der Waals surface area contributed by atoms with Crippen molar-refractivity contribution in [2.24, 2.45) is 0 Å². The summed E-state index contributed by atoms with van der Waals surface area (Å²) < 4.78 is 30.9. The molecule has 0 spiro atoms. The fourth-order valence-corrected chi connectivity index (χ4v) is 1.35. The summed E-state index contributed by atoms with van der Waals surface area (Å²) in [7, 11) is 0. The van der Waals surface area contributed by atoms with Gasteiger partial charge in [0.2, 0.25) is 0 Å². The zero-order valence-corrected chi connectivity index (χ0v) is 8.74. The molecule has 17 heavy (non-hydrogen) atoms. The Kier molecular flexibility index (Phi) is 3.18. The van der Waals surface area contributed by atoms with Crippen molar-refractivity contribution in [2.45, 2.75) is 6.54 Å². The Bertz CT molecular complexity index is 523. The lowest BCUT2D eigenvalue weighted by molar-refractivity contribution is 0.0944. The molecule has 1 aromatic carbocycles. The number of carbonyl (C=O) groups is 1. The summed E-state index contributed by atoms with van der Waals surface area (Å²) in [5.74, 6) is -1.66. The smallest absolute Gasteiger partial charge is 0.254 e. The quantitative estimate of drug-likeness (QED) is 0.891. The van der Waals surface area contributed by atoms with Gasteiger partial charge in [-0.05, 0) is 24.3 Å². The predicted molar refractivity (Wildman–Crippen MR) is 56.2 cm³/mol. The van der Waals surface area contributed by atoms with Crippen LogP contribution in [-0.4, -0.2) is 5.91 Å². The van der Waals surface area contributed by atoms with Gasteiger partial charge >= 0.3 is 0 Å². The van der Waals surface area contributed by atoms with Crippen molar-refractivity contribution in [1.29, 1.82) is 0 Å². The molecule has 0 bridgehead atoms. The molecule has 2 rings (SSSR count). The van der Waals surface area contributed by atoms with Crippen LogP contribution in [0.2, 0.25) is 0 Å². The highest BCUT2D eigenvalue weighted by Crippen LogP contribution is 2.09. The summed E-state index contributed by atoms with van der Waals surface area (Å²) in [6, 6.07) is 6.16. The van der Waals surface area contributed by atoms with Gasteiger partial charge in [-0.25, -0.2) is 8.78 Å². The number of benzene rings is 1. The Balaban J connectivity index is 2.04. The highest BCUT2D eigenvalue weighted by atomic mass is 19.1. The second-order valence-corrected chi connectivity index (χ2v) is 3.39. The molecule has 1 amide bonds. The first kappa shape index (κ1) is 11.3. The summed E-state index contributed by atoms with van der Waals surface area (Å²) in [6.07, 6.45) is 1.47. The van der Waals surface area contributed by atoms with Gasteiger partial charge in [-0.15, -0.1) is 0 Å². The lowest BCUT2D eigenvalue weighted by Gasteiger charge is -2.04. The van der Waals surface area contributed by atoms with E-state index in [0.717, 1.165) is 12.1 Å². The van der Waals surface area contributed by atoms with Crippen LogP contribution in [0.15, 0.2) is 41.0 Å². The average Bonchev–Trinajstić information content (AvgIpc) is 2.78. The number of hydrogen-bond donors (Lipinski definition) is 1. The van der Waals surface area contributed by atoms with Crippen LogP contribution in [-0.2, 0) is 6.54 Å². The van der Waals surface area contributed by atoms with Gasteiger partial charge in [0.1, 0.15) is 17.4 Å². The third-order valence-electron chi connectivity index (χ3n) is 2.18. The zero-order chi connectivity index (χ0) is 12.3. The molecule has 1 heterocycles. The van der Waals surface area contributed by atoms with E-state index in [1.807, 2.05) is 0 Å². The minimum atomic E-state index is -0.887. The van der Waals surface area contributed by atoms with E-state index < -0.39 is 17.5 Å². The van der Waals surface area contributed by atoms with E-state index in [1.54, 1.807) is 12.1 Å². The number of carbonyl (C=O) groups excluding carboxylic acids is 1. The maximum atomic E-state index is 13.2. The molecule has 0 atom stereocenters. The van der Waals surface area contributed by atoms with E-state index in [4.69, 9.17) is 4.42 Å². The molecule has 0 unspecified atom stereocenters. The van der Waals surface area contributed by atoms with Gasteiger partial charge < -0.3 is 9.73 Å². The van der Waals surface area contributed by atoms with Gasteiger partial charge in [-0.3, -0.25) is 4.79 Å². The molecule has 0 radical (unpaired) electrons. The SMILES string of the molecule is O=C(NCc1ccco1)c1ccc(F)cc1F. The Morgan fingerprint density at radius 2 is 2.12 bits per heavy atom. The third kappa shape index (κ3) is 2.69. The predicted octanol–water partition coefficient (Wildman–Crippen LogP) is 2.49. The molecular weight excluding hydrogens is 228 g/mol. The average molecular weight is 237 g/mol. The van der Waals surface area contributed by atoms with Crippen molar-refractivity contribution < 1.29 is 18.0 Å². The van der Waals surface area contributed by atoms with Crippen molar-refractivity contribution in [1.82, 2.24) is 5.32 Å². The maximum absolute atomic E-state index is 13.2. The third-order valence-corrected chi connectivity index (χ3v) is 2.18. The molecule has 0 saturated heterocycles. The normalized spacial score (nSPS) is 10.2. The first-order valence-corrected chi connectivity index (χ1v) is 4.92. The molecule has 0 aliphatic carbocycles. The molecular formula is C12H9F2NO2. The fourth-order valence-electron chi connectivity index (χ4n) is 1.35. The highest BCUT2D eigenvalue weighted by Gasteiger charge is 2.12. The number of furan rings is 1. The molecule has 1 N–H and O–H groups in total. The number of hydrogen-bond acceptors (Lipinski definition) is 2. The van der Waals surface area contributed by atoms with Crippen LogP contribution in [0.1, 0.15) is 16.1 Å². The van der Waals surface area contributed by atoms with E-state index in [9.17, 15) is 13.6 Å². The van der Waals surface area contributed by atoms with Crippen molar-refractivity contribution >= 4 is 5.91 Å². The highest BCUT2D eigenvalue weighted by molar-refractivity contribution is 5.94. The first-order chi connectivity index (χ1) is 8.16. The van der Waals surface area contributed by atoms with Crippen molar-refractivity contribution in [3.8, 4) is 0 Å². The molecule has 0 aliphatic heterocycles. The number of halogens is 2. The van der Waals surface area contributed by atoms with Gasteiger partial charge in [0, 0.05) is 6.07 Å². The Hall–Kier alpha value is -2.17. The van der Waals surface area contributed by atoms with Gasteiger partial charge in [0.15, 0.2) is 0 Å². The van der Waals surface area contributed by atoms with E-state index >= 15 is 0 Å². The lowest BCUT2D eigenvalue weighted by atomic mass is 10.2. The standard InChI is InChI=1S/C12H9F2NO2/c13-8-3-4-10(11(14)6-8)12(16)15-7-9-2-1-5-17-9/h1-6H,7H2,(H,15,16). The van der Waals surface area contributed by atoms with E-state index in [-0.39, 0.29) is 12.1 Å². The number of amides is 1. The van der Waals surface area contributed by atoms with E-state index in [2.05, 4.69) is 5.32 Å². The first-order valence-electron chi connectivity index (χ1n) is 4.92. The minimum absolute atomic E-state index is 0.155. The Labute approximate surface area is 96.1 Å². The second-order valence-electron chi connectivity index (χ2n) is 3.39. The van der Waals surface area contributed by atoms with Crippen LogP contribution < -0.4 is 5.32 Å². The summed E-state index contributed by atoms with van der Waals surface area (Å²) in [5.41, 5.74) is -0.196. The van der Waals surface area contributed by atoms with Gasteiger partial charge in [-0.1, -0.05) is 0 Å².